The van der Waals surface area contributed by atoms with Gasteiger partial charge in [-0.25, -0.2) is 0 Å². The quantitative estimate of drug-likeness (QED) is 0.453. The average Bonchev–Trinajstić information content (AvgIpc) is 2.95. The van der Waals surface area contributed by atoms with Gasteiger partial charge >= 0.3 is 143 Å². The third kappa shape index (κ3) is 4.73. The van der Waals surface area contributed by atoms with Crippen LogP contribution in [0.1, 0.15) is 80.1 Å². The van der Waals surface area contributed by atoms with Gasteiger partial charge in [0, 0.05) is 0 Å². The summed E-state index contributed by atoms with van der Waals surface area (Å²) >= 11 is -0.886. The smallest absolute Gasteiger partial charge is 1.00 e. The zero-order valence-corrected chi connectivity index (χ0v) is 20.6. The molecule has 0 spiro atoms. The minimum atomic E-state index is -0.886. The standard InChI is InChI=1S/2C10H15.2ClH.Hf/c2*1-4-9-6-8(3)10(5-2)7-9;;;/h2*4-6H2,1-3H3;2*1H;/q;;;;+2/p-2. The molecular formula is C20H30Cl2Hf. The van der Waals surface area contributed by atoms with Crippen LogP contribution in [-0.4, -0.2) is 0 Å². The van der Waals surface area contributed by atoms with Crippen molar-refractivity contribution in [3.63, 3.8) is 0 Å². The van der Waals surface area contributed by atoms with Crippen LogP contribution in [0.2, 0.25) is 0 Å². The number of halogens is 2. The van der Waals surface area contributed by atoms with E-state index in [2.05, 4.69) is 41.5 Å². The largest absolute Gasteiger partial charge is 1.00 e. The van der Waals surface area contributed by atoms with Gasteiger partial charge in [-0.15, -0.1) is 0 Å². The second-order valence-corrected chi connectivity index (χ2v) is 10.9. The second-order valence-electron chi connectivity index (χ2n) is 6.37. The fourth-order valence-corrected chi connectivity index (χ4v) is 11.9. The van der Waals surface area contributed by atoms with Crippen molar-refractivity contribution in [3.05, 3.63) is 40.1 Å². The molecule has 3 heteroatoms. The molecule has 2 aliphatic rings. The predicted molar refractivity (Wildman–Crippen MR) is 89.9 cm³/mol. The first kappa shape index (κ1) is 23.4. The molecule has 2 aliphatic carbocycles. The minimum absolute atomic E-state index is 0. The summed E-state index contributed by atoms with van der Waals surface area (Å²) in [5, 5.41) is 0. The maximum atomic E-state index is 2.37. The first-order valence-corrected chi connectivity index (χ1v) is 12.2. The van der Waals surface area contributed by atoms with Crippen molar-refractivity contribution in [2.45, 2.75) is 80.1 Å². The van der Waals surface area contributed by atoms with E-state index in [9.17, 15) is 0 Å². The second kappa shape index (κ2) is 10.4. The van der Waals surface area contributed by atoms with Gasteiger partial charge in [0.15, 0.2) is 0 Å². The zero-order valence-electron chi connectivity index (χ0n) is 15.5. The molecule has 0 N–H and O–H groups in total. The van der Waals surface area contributed by atoms with Gasteiger partial charge in [0.1, 0.15) is 0 Å². The Morgan fingerprint density at radius 3 is 1.26 bits per heavy atom. The Morgan fingerprint density at radius 1 is 0.652 bits per heavy atom. The Balaban J connectivity index is 0.00000242. The Labute approximate surface area is 167 Å². The molecule has 0 heterocycles. The SMILES string of the molecule is CCC1=[C]([Hf+2][C]2=C(CC)CC(C)=C2CC)C(CC)=C(C)C1.[Cl-].[Cl-]. The minimum Gasteiger partial charge on any atom is -1.00 e. The molecule has 0 bridgehead atoms. The molecule has 0 atom stereocenters. The van der Waals surface area contributed by atoms with E-state index in [0.29, 0.717) is 0 Å². The maximum Gasteiger partial charge on any atom is -1.00 e. The van der Waals surface area contributed by atoms with Gasteiger partial charge in [-0.05, 0) is 0 Å². The van der Waals surface area contributed by atoms with E-state index in [1.165, 1.54) is 38.5 Å². The van der Waals surface area contributed by atoms with Crippen LogP contribution >= 0.6 is 0 Å². The number of allylic oxidation sites excluding steroid dienone is 8. The van der Waals surface area contributed by atoms with Crippen LogP contribution in [0.4, 0.5) is 0 Å². The fraction of sp³-hybridized carbons (Fsp3) is 0.600. The normalized spacial score (nSPS) is 17.7. The van der Waals surface area contributed by atoms with Crippen molar-refractivity contribution in [1.82, 2.24) is 0 Å². The molecule has 0 saturated heterocycles. The summed E-state index contributed by atoms with van der Waals surface area (Å²) in [5.41, 5.74) is 10.4. The Hall–Kier alpha value is 0.410. The first-order valence-electron chi connectivity index (χ1n) is 8.66. The zero-order chi connectivity index (χ0) is 15.6. The molecule has 0 aromatic heterocycles. The molecule has 23 heavy (non-hydrogen) atoms. The van der Waals surface area contributed by atoms with E-state index in [1.807, 2.05) is 6.66 Å². The topological polar surface area (TPSA) is 0 Å². The van der Waals surface area contributed by atoms with Crippen LogP contribution in [0.15, 0.2) is 40.1 Å². The van der Waals surface area contributed by atoms with Crippen LogP contribution in [0, 0.1) is 0 Å². The van der Waals surface area contributed by atoms with Crippen molar-refractivity contribution < 1.29 is 47.7 Å². The number of hydrogen-bond acceptors (Lipinski definition) is 0. The summed E-state index contributed by atoms with van der Waals surface area (Å²) in [6.45, 7) is 14.2. The van der Waals surface area contributed by atoms with Gasteiger partial charge in [0.25, 0.3) is 0 Å². The van der Waals surface area contributed by atoms with Crippen molar-refractivity contribution in [1.29, 1.82) is 0 Å². The van der Waals surface area contributed by atoms with Crippen LogP contribution < -0.4 is 24.8 Å². The maximum absolute atomic E-state index is 2.37. The van der Waals surface area contributed by atoms with Crippen LogP contribution in [0.3, 0.4) is 0 Å². The molecule has 2 rings (SSSR count). The summed E-state index contributed by atoms with van der Waals surface area (Å²) in [6.07, 6.45) is 7.58. The molecule has 0 nitrogen and oxygen atoms in total. The van der Waals surface area contributed by atoms with Gasteiger partial charge in [-0.2, -0.15) is 0 Å². The Bertz CT molecular complexity index is 512. The Kier molecular flexibility index (Phi) is 10.6. The summed E-state index contributed by atoms with van der Waals surface area (Å²) in [6, 6.07) is 0. The molecule has 0 aromatic carbocycles. The summed E-state index contributed by atoms with van der Waals surface area (Å²) < 4.78 is 3.78. The van der Waals surface area contributed by atoms with Crippen molar-refractivity contribution in [3.8, 4) is 0 Å². The first-order chi connectivity index (χ1) is 10.1. The van der Waals surface area contributed by atoms with Gasteiger partial charge in [-0.1, -0.05) is 0 Å². The molecular weight excluding hydrogens is 490 g/mol. The molecule has 0 radical (unpaired) electrons. The fourth-order valence-electron chi connectivity index (χ4n) is 3.90. The molecule has 128 valence electrons. The predicted octanol–water partition coefficient (Wildman–Crippen LogP) is 0.666. The molecule has 0 aromatic rings. The van der Waals surface area contributed by atoms with Crippen molar-refractivity contribution in [2.24, 2.45) is 0 Å². The summed E-state index contributed by atoms with van der Waals surface area (Å²) in [4.78, 5) is 0. The number of rotatable bonds is 6. The third-order valence-corrected chi connectivity index (χ3v) is 11.6. The van der Waals surface area contributed by atoms with Crippen LogP contribution in [-0.2, 0) is 22.9 Å². The van der Waals surface area contributed by atoms with Crippen molar-refractivity contribution >= 4 is 0 Å². The van der Waals surface area contributed by atoms with Gasteiger partial charge in [0.2, 0.25) is 0 Å². The summed E-state index contributed by atoms with van der Waals surface area (Å²) in [5.74, 6) is 0. The molecule has 0 amide bonds. The van der Waals surface area contributed by atoms with Crippen molar-refractivity contribution in [2.75, 3.05) is 0 Å². The van der Waals surface area contributed by atoms with E-state index in [-0.39, 0.29) is 24.8 Å². The van der Waals surface area contributed by atoms with Gasteiger partial charge in [-0.3, -0.25) is 0 Å². The van der Waals surface area contributed by atoms with E-state index >= 15 is 0 Å². The Morgan fingerprint density at radius 2 is 1.00 bits per heavy atom. The van der Waals surface area contributed by atoms with E-state index in [0.717, 1.165) is 0 Å². The molecule has 0 fully saturated rings. The van der Waals surface area contributed by atoms with Crippen LogP contribution in [0.25, 0.3) is 0 Å². The number of hydrogen-bond donors (Lipinski definition) is 0. The van der Waals surface area contributed by atoms with E-state index < -0.39 is 22.9 Å². The summed E-state index contributed by atoms with van der Waals surface area (Å²) in [7, 11) is 0. The molecule has 0 saturated carbocycles. The molecule has 0 aliphatic heterocycles. The van der Waals surface area contributed by atoms with E-state index in [1.54, 1.807) is 33.4 Å². The molecule has 0 unspecified atom stereocenters. The van der Waals surface area contributed by atoms with Gasteiger partial charge in [0.05, 0.1) is 0 Å². The van der Waals surface area contributed by atoms with Gasteiger partial charge < -0.3 is 24.8 Å². The third-order valence-electron chi connectivity index (χ3n) is 5.11. The van der Waals surface area contributed by atoms with Crippen LogP contribution in [0.5, 0.6) is 0 Å². The average molecular weight is 520 g/mol. The monoisotopic (exact) mass is 520 g/mol. The van der Waals surface area contributed by atoms with E-state index in [4.69, 9.17) is 0 Å².